The third kappa shape index (κ3) is 2.66. The highest BCUT2D eigenvalue weighted by atomic mass is 16.6. The molecule has 1 heterocycles. The fourth-order valence-corrected chi connectivity index (χ4v) is 1.92. The van der Waals surface area contributed by atoms with Crippen molar-refractivity contribution in [1.82, 2.24) is 15.3 Å². The van der Waals surface area contributed by atoms with Crippen molar-refractivity contribution >= 4 is 11.6 Å². The second kappa shape index (κ2) is 5.52. The van der Waals surface area contributed by atoms with Crippen LogP contribution in [0.1, 0.15) is 34.7 Å². The minimum Gasteiger partial charge on any atom is -0.347 e. The maximum absolute atomic E-state index is 12.2. The molecule has 7 nitrogen and oxygen atoms in total. The van der Waals surface area contributed by atoms with E-state index in [1.165, 1.54) is 12.1 Å². The summed E-state index contributed by atoms with van der Waals surface area (Å²) in [6, 6.07) is 4.13. The van der Waals surface area contributed by atoms with E-state index in [2.05, 4.69) is 15.3 Å². The van der Waals surface area contributed by atoms with Crippen LogP contribution in [0.4, 0.5) is 5.69 Å². The Bertz CT molecular complexity index is 637. The first-order valence-corrected chi connectivity index (χ1v) is 6.05. The third-order valence-electron chi connectivity index (χ3n) is 3.02. The van der Waals surface area contributed by atoms with Gasteiger partial charge in [-0.1, -0.05) is 6.07 Å². The van der Waals surface area contributed by atoms with E-state index >= 15 is 0 Å². The number of aromatic amines is 1. The van der Waals surface area contributed by atoms with Gasteiger partial charge in [-0.3, -0.25) is 14.9 Å². The quantitative estimate of drug-likeness (QED) is 0.658. The molecule has 0 fully saturated rings. The first kappa shape index (κ1) is 13.7. The second-order valence-corrected chi connectivity index (χ2v) is 4.38. The zero-order chi connectivity index (χ0) is 14.7. The summed E-state index contributed by atoms with van der Waals surface area (Å²) in [5, 5.41) is 13.6. The molecule has 1 amide bonds. The molecular weight excluding hydrogens is 260 g/mol. The zero-order valence-electron chi connectivity index (χ0n) is 11.1. The molecule has 1 atom stereocenters. The van der Waals surface area contributed by atoms with Crippen LogP contribution in [0, 0.1) is 17.0 Å². The van der Waals surface area contributed by atoms with Crippen molar-refractivity contribution in [3.8, 4) is 0 Å². The molecule has 104 valence electrons. The van der Waals surface area contributed by atoms with E-state index in [1.807, 2.05) is 0 Å². The van der Waals surface area contributed by atoms with E-state index in [0.717, 1.165) is 0 Å². The number of aromatic nitrogens is 2. The van der Waals surface area contributed by atoms with Gasteiger partial charge in [0.15, 0.2) is 0 Å². The predicted molar refractivity (Wildman–Crippen MR) is 72.3 cm³/mol. The van der Waals surface area contributed by atoms with Gasteiger partial charge >= 0.3 is 0 Å². The molecule has 0 saturated carbocycles. The Kier molecular flexibility index (Phi) is 3.79. The van der Waals surface area contributed by atoms with E-state index < -0.39 is 4.92 Å². The fraction of sp³-hybridized carbons (Fsp3) is 0.231. The highest BCUT2D eigenvalue weighted by Gasteiger charge is 2.19. The van der Waals surface area contributed by atoms with Crippen LogP contribution in [0.25, 0.3) is 0 Å². The SMILES string of the molecule is Cc1c(C(=O)NC(C)c2ncc[nH]2)cccc1[N+](=O)[O-]. The molecule has 2 aromatic rings. The molecule has 1 aromatic carbocycles. The van der Waals surface area contributed by atoms with Gasteiger partial charge < -0.3 is 10.3 Å². The Hall–Kier alpha value is -2.70. The summed E-state index contributed by atoms with van der Waals surface area (Å²) in [6.07, 6.45) is 3.26. The van der Waals surface area contributed by atoms with Gasteiger partial charge in [-0.25, -0.2) is 4.98 Å². The van der Waals surface area contributed by atoms with Crippen LogP contribution in [-0.4, -0.2) is 20.8 Å². The number of nitrogens with one attached hydrogen (secondary N) is 2. The number of carbonyl (C=O) groups excluding carboxylic acids is 1. The number of nitrogens with zero attached hydrogens (tertiary/aromatic N) is 2. The van der Waals surface area contributed by atoms with Gasteiger partial charge in [0.05, 0.1) is 11.0 Å². The van der Waals surface area contributed by atoms with Crippen LogP contribution in [0.5, 0.6) is 0 Å². The van der Waals surface area contributed by atoms with Crippen LogP contribution < -0.4 is 5.32 Å². The van der Waals surface area contributed by atoms with Gasteiger partial charge in [0.2, 0.25) is 0 Å². The van der Waals surface area contributed by atoms with E-state index in [4.69, 9.17) is 0 Å². The largest absolute Gasteiger partial charge is 0.347 e. The van der Waals surface area contributed by atoms with Crippen molar-refractivity contribution in [2.45, 2.75) is 19.9 Å². The number of benzene rings is 1. The third-order valence-corrected chi connectivity index (χ3v) is 3.02. The van der Waals surface area contributed by atoms with Crippen molar-refractivity contribution in [1.29, 1.82) is 0 Å². The van der Waals surface area contributed by atoms with Gasteiger partial charge in [-0.2, -0.15) is 0 Å². The molecule has 0 bridgehead atoms. The number of hydrogen-bond acceptors (Lipinski definition) is 4. The lowest BCUT2D eigenvalue weighted by molar-refractivity contribution is -0.385. The topological polar surface area (TPSA) is 101 Å². The van der Waals surface area contributed by atoms with Gasteiger partial charge in [0, 0.05) is 29.6 Å². The molecule has 20 heavy (non-hydrogen) atoms. The normalized spacial score (nSPS) is 11.9. The Morgan fingerprint density at radius 1 is 1.50 bits per heavy atom. The molecular formula is C13H14N4O3. The predicted octanol–water partition coefficient (Wildman–Crippen LogP) is 2.12. The number of nitro benzene ring substituents is 1. The van der Waals surface area contributed by atoms with Gasteiger partial charge in [0.25, 0.3) is 11.6 Å². The molecule has 0 radical (unpaired) electrons. The molecule has 0 aliphatic carbocycles. The number of imidazole rings is 1. The maximum atomic E-state index is 12.2. The van der Waals surface area contributed by atoms with Crippen molar-refractivity contribution in [2.75, 3.05) is 0 Å². The molecule has 2 rings (SSSR count). The molecule has 1 unspecified atom stereocenters. The van der Waals surface area contributed by atoms with Crippen molar-refractivity contribution in [2.24, 2.45) is 0 Å². The van der Waals surface area contributed by atoms with E-state index in [9.17, 15) is 14.9 Å². The lowest BCUT2D eigenvalue weighted by atomic mass is 10.1. The number of hydrogen-bond donors (Lipinski definition) is 2. The highest BCUT2D eigenvalue weighted by Crippen LogP contribution is 2.21. The van der Waals surface area contributed by atoms with Crippen LogP contribution in [-0.2, 0) is 0 Å². The minimum absolute atomic E-state index is 0.0664. The van der Waals surface area contributed by atoms with Crippen LogP contribution in [0.3, 0.4) is 0 Å². The fourth-order valence-electron chi connectivity index (χ4n) is 1.92. The Balaban J connectivity index is 2.22. The lowest BCUT2D eigenvalue weighted by Crippen LogP contribution is -2.28. The Morgan fingerprint density at radius 2 is 2.25 bits per heavy atom. The number of amides is 1. The second-order valence-electron chi connectivity index (χ2n) is 4.38. The molecule has 0 spiro atoms. The molecule has 2 N–H and O–H groups in total. The van der Waals surface area contributed by atoms with E-state index in [1.54, 1.807) is 32.3 Å². The number of nitro groups is 1. The van der Waals surface area contributed by atoms with Crippen LogP contribution in [0.15, 0.2) is 30.6 Å². The lowest BCUT2D eigenvalue weighted by Gasteiger charge is -2.12. The van der Waals surface area contributed by atoms with Crippen molar-refractivity contribution in [3.05, 3.63) is 57.7 Å². The first-order chi connectivity index (χ1) is 9.50. The van der Waals surface area contributed by atoms with Crippen molar-refractivity contribution in [3.63, 3.8) is 0 Å². The van der Waals surface area contributed by atoms with E-state index in [-0.39, 0.29) is 23.2 Å². The molecule has 0 aliphatic heterocycles. The monoisotopic (exact) mass is 274 g/mol. The van der Waals surface area contributed by atoms with Gasteiger partial charge in [0.1, 0.15) is 5.82 Å². The summed E-state index contributed by atoms with van der Waals surface area (Å²) in [5.41, 5.74) is 0.572. The maximum Gasteiger partial charge on any atom is 0.273 e. The molecule has 1 aromatic heterocycles. The Morgan fingerprint density at radius 3 is 2.85 bits per heavy atom. The summed E-state index contributed by atoms with van der Waals surface area (Å²) < 4.78 is 0. The molecule has 0 aliphatic rings. The van der Waals surface area contributed by atoms with Crippen LogP contribution >= 0.6 is 0 Å². The van der Waals surface area contributed by atoms with E-state index in [0.29, 0.717) is 11.4 Å². The number of carbonyl (C=O) groups is 1. The first-order valence-electron chi connectivity index (χ1n) is 6.05. The van der Waals surface area contributed by atoms with Crippen molar-refractivity contribution < 1.29 is 9.72 Å². The summed E-state index contributed by atoms with van der Waals surface area (Å²) >= 11 is 0. The van der Waals surface area contributed by atoms with Gasteiger partial charge in [-0.15, -0.1) is 0 Å². The number of H-pyrrole nitrogens is 1. The minimum atomic E-state index is -0.498. The average molecular weight is 274 g/mol. The summed E-state index contributed by atoms with van der Waals surface area (Å²) in [7, 11) is 0. The summed E-state index contributed by atoms with van der Waals surface area (Å²) in [4.78, 5) is 29.5. The average Bonchev–Trinajstić information content (AvgIpc) is 2.92. The summed E-state index contributed by atoms with van der Waals surface area (Å²) in [6.45, 7) is 3.34. The molecule has 7 heteroatoms. The highest BCUT2D eigenvalue weighted by molar-refractivity contribution is 5.96. The summed E-state index contributed by atoms with van der Waals surface area (Å²) in [5.74, 6) is 0.261. The van der Waals surface area contributed by atoms with Gasteiger partial charge in [-0.05, 0) is 19.9 Å². The molecule has 0 saturated heterocycles. The zero-order valence-corrected chi connectivity index (χ0v) is 11.1. The number of rotatable bonds is 4. The van der Waals surface area contributed by atoms with Crippen LogP contribution in [0.2, 0.25) is 0 Å². The standard InChI is InChI=1S/C13H14N4O3/c1-8-10(4-3-5-11(8)17(19)20)13(18)16-9(2)12-14-6-7-15-12/h3-7,9H,1-2H3,(H,14,15)(H,16,18). The Labute approximate surface area is 115 Å². The smallest absolute Gasteiger partial charge is 0.273 e.